The van der Waals surface area contributed by atoms with E-state index in [4.69, 9.17) is 4.74 Å². The van der Waals surface area contributed by atoms with Crippen LogP contribution in [0, 0.1) is 6.92 Å². The molecule has 2 N–H and O–H groups in total. The van der Waals surface area contributed by atoms with Crippen molar-refractivity contribution in [2.24, 2.45) is 0 Å². The molecule has 5 rings (SSSR count). The zero-order valence-corrected chi connectivity index (χ0v) is 19.1. The first-order chi connectivity index (χ1) is 16.6. The molecular formula is C25H26N8O. The lowest BCUT2D eigenvalue weighted by atomic mass is 10.1. The number of nitrogens with zero attached hydrogens (tertiary/aromatic N) is 6. The smallest absolute Gasteiger partial charge is 0.229 e. The Kier molecular flexibility index (Phi) is 6.37. The molecule has 34 heavy (non-hydrogen) atoms. The van der Waals surface area contributed by atoms with Crippen LogP contribution in [0.4, 0.5) is 23.3 Å². The van der Waals surface area contributed by atoms with Gasteiger partial charge in [0.15, 0.2) is 5.82 Å². The summed E-state index contributed by atoms with van der Waals surface area (Å²) in [6, 6.07) is 17.7. The van der Waals surface area contributed by atoms with Crippen molar-refractivity contribution < 1.29 is 4.74 Å². The van der Waals surface area contributed by atoms with Gasteiger partial charge in [-0.05, 0) is 48.9 Å². The maximum absolute atomic E-state index is 5.34. The van der Waals surface area contributed by atoms with E-state index in [0.29, 0.717) is 29.5 Å². The fourth-order valence-electron chi connectivity index (χ4n) is 3.72. The number of pyridine rings is 1. The molecule has 0 saturated carbocycles. The number of methoxy groups -OCH3 is 1. The van der Waals surface area contributed by atoms with Gasteiger partial charge in [-0.1, -0.05) is 18.2 Å². The quantitative estimate of drug-likeness (QED) is 0.410. The molecule has 1 saturated heterocycles. The number of anilines is 4. The molecule has 1 aliphatic rings. The minimum atomic E-state index is 0.368. The largest absolute Gasteiger partial charge is 0.379 e. The topological polar surface area (TPSA) is 101 Å². The van der Waals surface area contributed by atoms with Crippen molar-refractivity contribution in [3.8, 4) is 11.5 Å². The third-order valence-corrected chi connectivity index (χ3v) is 5.56. The third-order valence-electron chi connectivity index (χ3n) is 5.56. The zero-order chi connectivity index (χ0) is 23.3. The molecular weight excluding hydrogens is 428 g/mol. The number of hydrogen-bond donors (Lipinski definition) is 2. The molecule has 172 valence electrons. The summed E-state index contributed by atoms with van der Waals surface area (Å²) in [4.78, 5) is 24.7. The molecule has 9 heteroatoms. The highest BCUT2D eigenvalue weighted by molar-refractivity contribution is 5.59. The summed E-state index contributed by atoms with van der Waals surface area (Å²) in [5.74, 6) is 2.31. The number of rotatable bonds is 8. The van der Waals surface area contributed by atoms with Crippen molar-refractivity contribution in [2.75, 3.05) is 30.8 Å². The number of aryl methyl sites for hydroxylation is 1. The Morgan fingerprint density at radius 2 is 1.65 bits per heavy atom. The van der Waals surface area contributed by atoms with E-state index in [-0.39, 0.29) is 0 Å². The Balaban J connectivity index is 1.22. The van der Waals surface area contributed by atoms with Gasteiger partial charge in [-0.3, -0.25) is 4.90 Å². The van der Waals surface area contributed by atoms with Crippen molar-refractivity contribution in [1.29, 1.82) is 0 Å². The Morgan fingerprint density at radius 1 is 0.882 bits per heavy atom. The van der Waals surface area contributed by atoms with Crippen LogP contribution in [0.3, 0.4) is 0 Å². The SMILES string of the molecule is COC1CN(Cc2ccc(Nc3nccc(Nc4ccnc(-c5cccc(C)n5)n4)n3)cc2)C1. The van der Waals surface area contributed by atoms with Gasteiger partial charge in [0.1, 0.15) is 17.3 Å². The van der Waals surface area contributed by atoms with Crippen molar-refractivity contribution in [3.63, 3.8) is 0 Å². The predicted molar refractivity (Wildman–Crippen MR) is 131 cm³/mol. The van der Waals surface area contributed by atoms with E-state index in [0.717, 1.165) is 36.7 Å². The van der Waals surface area contributed by atoms with Crippen molar-refractivity contribution in [3.05, 3.63) is 78.2 Å². The summed E-state index contributed by atoms with van der Waals surface area (Å²) in [6.45, 7) is 4.84. The van der Waals surface area contributed by atoms with Crippen LogP contribution < -0.4 is 10.6 Å². The standard InChI is InChI=1S/C25H26N8O/c1-17-4-3-5-21(28-17)24-26-12-10-22(31-24)30-23-11-13-27-25(32-23)29-19-8-6-18(7-9-19)14-33-15-20(16-33)34-2/h3-13,20H,14-16H2,1-2H3,(H2,26,27,29,30,31,32). The highest BCUT2D eigenvalue weighted by atomic mass is 16.5. The number of aromatic nitrogens is 5. The van der Waals surface area contributed by atoms with Crippen molar-refractivity contribution in [1.82, 2.24) is 29.8 Å². The average molecular weight is 455 g/mol. The van der Waals surface area contributed by atoms with Gasteiger partial charge < -0.3 is 15.4 Å². The lowest BCUT2D eigenvalue weighted by molar-refractivity contribution is -0.0333. The van der Waals surface area contributed by atoms with Gasteiger partial charge in [-0.2, -0.15) is 4.98 Å². The summed E-state index contributed by atoms with van der Waals surface area (Å²) in [5.41, 5.74) is 3.83. The fourth-order valence-corrected chi connectivity index (χ4v) is 3.72. The number of benzene rings is 1. The number of nitrogens with one attached hydrogen (secondary N) is 2. The van der Waals surface area contributed by atoms with Gasteiger partial charge in [0.2, 0.25) is 5.95 Å². The lowest BCUT2D eigenvalue weighted by Gasteiger charge is -2.38. The van der Waals surface area contributed by atoms with E-state index in [2.05, 4.69) is 52.6 Å². The van der Waals surface area contributed by atoms with Crippen molar-refractivity contribution >= 4 is 23.3 Å². The Morgan fingerprint density at radius 3 is 2.41 bits per heavy atom. The summed E-state index contributed by atoms with van der Waals surface area (Å²) < 4.78 is 5.34. The van der Waals surface area contributed by atoms with Crippen LogP contribution >= 0.6 is 0 Å². The van der Waals surface area contributed by atoms with Crippen LogP contribution in [0.25, 0.3) is 11.5 Å². The second-order valence-electron chi connectivity index (χ2n) is 8.19. The van der Waals surface area contributed by atoms with Gasteiger partial charge >= 0.3 is 0 Å². The van der Waals surface area contributed by atoms with Gasteiger partial charge in [0, 0.05) is 50.5 Å². The third kappa shape index (κ3) is 5.33. The summed E-state index contributed by atoms with van der Waals surface area (Å²) >= 11 is 0. The fraction of sp³-hybridized carbons (Fsp3) is 0.240. The highest BCUT2D eigenvalue weighted by Crippen LogP contribution is 2.20. The molecule has 0 radical (unpaired) electrons. The molecule has 1 fully saturated rings. The van der Waals surface area contributed by atoms with Gasteiger partial charge in [0.05, 0.1) is 6.10 Å². The first kappa shape index (κ1) is 21.9. The zero-order valence-electron chi connectivity index (χ0n) is 19.1. The minimum absolute atomic E-state index is 0.368. The van der Waals surface area contributed by atoms with E-state index >= 15 is 0 Å². The van der Waals surface area contributed by atoms with E-state index in [1.165, 1.54) is 5.56 Å². The Bertz CT molecular complexity index is 1260. The average Bonchev–Trinajstić information content (AvgIpc) is 2.83. The molecule has 0 spiro atoms. The summed E-state index contributed by atoms with van der Waals surface area (Å²) in [6.07, 6.45) is 3.77. The molecule has 9 nitrogen and oxygen atoms in total. The van der Waals surface area contributed by atoms with Gasteiger partial charge in [-0.15, -0.1) is 0 Å². The Hall–Kier alpha value is -3.95. The summed E-state index contributed by atoms with van der Waals surface area (Å²) in [5, 5.41) is 6.48. The maximum Gasteiger partial charge on any atom is 0.229 e. The van der Waals surface area contributed by atoms with Crippen LogP contribution in [0.1, 0.15) is 11.3 Å². The molecule has 1 aromatic carbocycles. The summed E-state index contributed by atoms with van der Waals surface area (Å²) in [7, 11) is 1.77. The van der Waals surface area contributed by atoms with Crippen LogP contribution in [0.15, 0.2) is 67.0 Å². The van der Waals surface area contributed by atoms with E-state index in [1.807, 2.05) is 37.3 Å². The molecule has 0 aliphatic carbocycles. The molecule has 0 unspecified atom stereocenters. The molecule has 4 heterocycles. The lowest BCUT2D eigenvalue weighted by Crippen LogP contribution is -2.50. The Labute approximate surface area is 198 Å². The number of hydrogen-bond acceptors (Lipinski definition) is 9. The molecule has 3 aromatic heterocycles. The first-order valence-electron chi connectivity index (χ1n) is 11.1. The van der Waals surface area contributed by atoms with Gasteiger partial charge in [-0.25, -0.2) is 19.9 Å². The molecule has 0 amide bonds. The highest BCUT2D eigenvalue weighted by Gasteiger charge is 2.25. The molecule has 0 atom stereocenters. The van der Waals surface area contributed by atoms with Crippen molar-refractivity contribution in [2.45, 2.75) is 19.6 Å². The predicted octanol–water partition coefficient (Wildman–Crippen LogP) is 3.95. The second kappa shape index (κ2) is 9.90. The number of ether oxygens (including phenoxy) is 1. The molecule has 0 bridgehead atoms. The first-order valence-corrected chi connectivity index (χ1v) is 11.1. The molecule has 1 aliphatic heterocycles. The van der Waals surface area contributed by atoms with Crippen LogP contribution in [0.2, 0.25) is 0 Å². The van der Waals surface area contributed by atoms with E-state index in [9.17, 15) is 0 Å². The monoisotopic (exact) mass is 454 g/mol. The second-order valence-corrected chi connectivity index (χ2v) is 8.19. The van der Waals surface area contributed by atoms with E-state index < -0.39 is 0 Å². The maximum atomic E-state index is 5.34. The van der Waals surface area contributed by atoms with Crippen LogP contribution in [0.5, 0.6) is 0 Å². The normalized spacial score (nSPS) is 13.9. The minimum Gasteiger partial charge on any atom is -0.379 e. The van der Waals surface area contributed by atoms with Crippen LogP contribution in [-0.2, 0) is 11.3 Å². The van der Waals surface area contributed by atoms with Crippen LogP contribution in [-0.4, -0.2) is 56.1 Å². The molecule has 4 aromatic rings. The van der Waals surface area contributed by atoms with Gasteiger partial charge in [0.25, 0.3) is 0 Å². The number of likely N-dealkylation sites (tertiary alicyclic amines) is 1. The van der Waals surface area contributed by atoms with E-state index in [1.54, 1.807) is 31.6 Å².